The Hall–Kier alpha value is -3.28. The number of benzene rings is 2. The number of halogens is 3. The molecule has 0 fully saturated rings. The summed E-state index contributed by atoms with van der Waals surface area (Å²) in [5, 5.41) is 13.1. The van der Waals surface area contributed by atoms with E-state index in [4.69, 9.17) is 9.47 Å². The van der Waals surface area contributed by atoms with E-state index in [2.05, 4.69) is 15.3 Å². The van der Waals surface area contributed by atoms with E-state index in [1.807, 2.05) is 0 Å². The minimum atomic E-state index is -4.59. The maximum atomic E-state index is 12.7. The highest BCUT2D eigenvalue weighted by atomic mass is 32.2. The molecule has 0 saturated heterocycles. The molecule has 0 atom stereocenters. The number of fused-ring (bicyclic) bond motifs is 1. The van der Waals surface area contributed by atoms with Crippen molar-refractivity contribution in [1.29, 1.82) is 0 Å². The predicted octanol–water partition coefficient (Wildman–Crippen LogP) is 3.82. The van der Waals surface area contributed by atoms with Crippen molar-refractivity contribution >= 4 is 32.2 Å². The Labute approximate surface area is 175 Å². The zero-order valence-corrected chi connectivity index (χ0v) is 17.2. The monoisotopic (exact) mass is 457 g/mol. The van der Waals surface area contributed by atoms with Crippen LogP contribution in [-0.4, -0.2) is 49.1 Å². The van der Waals surface area contributed by atoms with Crippen molar-refractivity contribution in [1.82, 2.24) is 9.97 Å². The van der Waals surface area contributed by atoms with Crippen LogP contribution >= 0.6 is 0 Å². The largest absolute Gasteiger partial charge is 0.504 e. The van der Waals surface area contributed by atoms with Crippen molar-refractivity contribution in [2.24, 2.45) is 0 Å². The number of ether oxygens (including phenoxy) is 2. The number of rotatable bonds is 7. The number of alkyl halides is 3. The fraction of sp³-hybridized carbons (Fsp3) is 0.263. The van der Waals surface area contributed by atoms with Gasteiger partial charge < -0.3 is 19.9 Å². The van der Waals surface area contributed by atoms with Gasteiger partial charge in [0.1, 0.15) is 17.9 Å². The van der Waals surface area contributed by atoms with Gasteiger partial charge in [-0.05, 0) is 24.3 Å². The van der Waals surface area contributed by atoms with Gasteiger partial charge in [-0.2, -0.15) is 13.2 Å². The summed E-state index contributed by atoms with van der Waals surface area (Å²) in [4.78, 5) is 8.03. The highest BCUT2D eigenvalue weighted by Crippen LogP contribution is 2.36. The van der Waals surface area contributed by atoms with Gasteiger partial charge in [-0.25, -0.2) is 18.4 Å². The molecule has 166 valence electrons. The second-order valence-corrected chi connectivity index (χ2v) is 8.63. The number of hydrogen-bond acceptors (Lipinski definition) is 8. The molecule has 12 heteroatoms. The molecule has 0 amide bonds. The van der Waals surface area contributed by atoms with Gasteiger partial charge in [0.15, 0.2) is 27.9 Å². The van der Waals surface area contributed by atoms with Gasteiger partial charge in [0, 0.05) is 11.5 Å². The number of aromatic nitrogens is 2. The lowest BCUT2D eigenvalue weighted by Gasteiger charge is -2.16. The Morgan fingerprint density at radius 3 is 2.52 bits per heavy atom. The van der Waals surface area contributed by atoms with Crippen molar-refractivity contribution in [2.45, 2.75) is 18.0 Å². The molecule has 0 unspecified atom stereocenters. The van der Waals surface area contributed by atoms with Crippen molar-refractivity contribution in [3.8, 4) is 17.2 Å². The van der Waals surface area contributed by atoms with Crippen LogP contribution in [0.3, 0.4) is 0 Å². The van der Waals surface area contributed by atoms with Gasteiger partial charge in [0.05, 0.1) is 29.0 Å². The molecule has 0 spiro atoms. The van der Waals surface area contributed by atoms with Crippen molar-refractivity contribution in [3.05, 3.63) is 36.7 Å². The van der Waals surface area contributed by atoms with E-state index in [9.17, 15) is 26.7 Å². The minimum Gasteiger partial charge on any atom is -0.504 e. The summed E-state index contributed by atoms with van der Waals surface area (Å²) in [6.45, 7) is -0.110. The molecule has 0 aliphatic carbocycles. The number of phenols is 1. The van der Waals surface area contributed by atoms with E-state index in [-0.39, 0.29) is 39.4 Å². The van der Waals surface area contributed by atoms with Gasteiger partial charge in [-0.15, -0.1) is 0 Å². The average molecular weight is 457 g/mol. The first-order valence-electron chi connectivity index (χ1n) is 8.89. The molecule has 0 saturated carbocycles. The van der Waals surface area contributed by atoms with Gasteiger partial charge >= 0.3 is 6.18 Å². The lowest BCUT2D eigenvalue weighted by atomic mass is 10.2. The van der Waals surface area contributed by atoms with Gasteiger partial charge in [-0.1, -0.05) is 6.92 Å². The number of anilines is 2. The smallest absolute Gasteiger partial charge is 0.422 e. The number of nitrogens with zero attached hydrogens (tertiary/aromatic N) is 2. The second kappa shape index (κ2) is 8.46. The molecule has 2 N–H and O–H groups in total. The predicted molar refractivity (Wildman–Crippen MR) is 107 cm³/mol. The number of methoxy groups -OCH3 is 1. The summed E-state index contributed by atoms with van der Waals surface area (Å²) in [6.07, 6.45) is -3.41. The summed E-state index contributed by atoms with van der Waals surface area (Å²) >= 11 is 0. The molecule has 8 nitrogen and oxygen atoms in total. The first-order valence-corrected chi connectivity index (χ1v) is 10.5. The van der Waals surface area contributed by atoms with Crippen LogP contribution in [0.15, 0.2) is 41.6 Å². The zero-order chi connectivity index (χ0) is 22.8. The quantitative estimate of drug-likeness (QED) is 0.551. The Morgan fingerprint density at radius 2 is 1.87 bits per heavy atom. The van der Waals surface area contributed by atoms with Crippen LogP contribution in [-0.2, 0) is 9.84 Å². The highest BCUT2D eigenvalue weighted by molar-refractivity contribution is 7.91. The molecule has 0 bridgehead atoms. The van der Waals surface area contributed by atoms with E-state index in [1.165, 1.54) is 44.6 Å². The van der Waals surface area contributed by atoms with Gasteiger partial charge in [0.25, 0.3) is 0 Å². The van der Waals surface area contributed by atoms with Crippen LogP contribution in [0.25, 0.3) is 10.9 Å². The van der Waals surface area contributed by atoms with E-state index in [0.717, 1.165) is 6.07 Å². The lowest BCUT2D eigenvalue weighted by Crippen LogP contribution is -2.19. The summed E-state index contributed by atoms with van der Waals surface area (Å²) in [6, 6.07) is 6.27. The summed E-state index contributed by atoms with van der Waals surface area (Å²) in [5.41, 5.74) is 0.289. The molecular formula is C19H18F3N3O5S. The third-order valence-corrected chi connectivity index (χ3v) is 6.00. The van der Waals surface area contributed by atoms with Crippen LogP contribution in [0.4, 0.5) is 24.7 Å². The fourth-order valence-corrected chi connectivity index (χ4v) is 3.62. The van der Waals surface area contributed by atoms with Crippen LogP contribution in [0.1, 0.15) is 6.92 Å². The molecule has 3 rings (SSSR count). The summed E-state index contributed by atoms with van der Waals surface area (Å²) in [7, 11) is -2.29. The molecule has 2 aromatic carbocycles. The second-order valence-electron chi connectivity index (χ2n) is 6.35. The normalized spacial score (nSPS) is 12.0. The highest BCUT2D eigenvalue weighted by Gasteiger charge is 2.29. The van der Waals surface area contributed by atoms with Crippen LogP contribution in [0.5, 0.6) is 17.2 Å². The summed E-state index contributed by atoms with van der Waals surface area (Å²) in [5.74, 6) is -0.301. The third-order valence-electron chi connectivity index (χ3n) is 4.27. The van der Waals surface area contributed by atoms with E-state index < -0.39 is 22.6 Å². The molecule has 1 heterocycles. The molecule has 1 aromatic heterocycles. The molecular weight excluding hydrogens is 439 g/mol. The van der Waals surface area contributed by atoms with Crippen LogP contribution < -0.4 is 14.8 Å². The van der Waals surface area contributed by atoms with E-state index in [1.54, 1.807) is 0 Å². The molecule has 0 radical (unpaired) electrons. The topological polar surface area (TPSA) is 111 Å². The first kappa shape index (κ1) is 22.4. The Kier molecular flexibility index (Phi) is 6.11. The van der Waals surface area contributed by atoms with Crippen molar-refractivity contribution < 1.29 is 36.2 Å². The molecule has 0 aliphatic heterocycles. The van der Waals surface area contributed by atoms with E-state index in [0.29, 0.717) is 10.9 Å². The Morgan fingerprint density at radius 1 is 1.13 bits per heavy atom. The zero-order valence-electron chi connectivity index (χ0n) is 16.4. The van der Waals surface area contributed by atoms with Gasteiger partial charge in [0.2, 0.25) is 0 Å². The number of sulfone groups is 1. The average Bonchev–Trinajstić information content (AvgIpc) is 2.71. The Bertz CT molecular complexity index is 1220. The molecule has 31 heavy (non-hydrogen) atoms. The van der Waals surface area contributed by atoms with E-state index >= 15 is 0 Å². The minimum absolute atomic E-state index is 0.0363. The lowest BCUT2D eigenvalue weighted by molar-refractivity contribution is -0.153. The number of hydrogen-bond donors (Lipinski definition) is 2. The SMILES string of the molecule is CCS(=O)(=O)c1ccc(OCC(F)(F)F)c(Nc2ncnc3cc(O)c(OC)cc23)c1. The maximum absolute atomic E-state index is 12.7. The van der Waals surface area contributed by atoms with Crippen molar-refractivity contribution in [2.75, 3.05) is 24.8 Å². The summed E-state index contributed by atoms with van der Waals surface area (Å²) < 4.78 is 72.4. The van der Waals surface area contributed by atoms with Gasteiger partial charge in [-0.3, -0.25) is 0 Å². The maximum Gasteiger partial charge on any atom is 0.422 e. The first-order chi connectivity index (χ1) is 14.5. The standard InChI is InChI=1S/C19H18F3N3O5S/c1-3-31(27,28)11-4-5-16(30-9-19(20,21)22)14(6-11)25-18-12-7-17(29-2)15(26)8-13(12)23-10-24-18/h4-8,10,26H,3,9H2,1-2H3,(H,23,24,25). The molecule has 3 aromatic rings. The fourth-order valence-electron chi connectivity index (χ4n) is 2.72. The third kappa shape index (κ3) is 5.08. The van der Waals surface area contributed by atoms with Crippen LogP contribution in [0.2, 0.25) is 0 Å². The van der Waals surface area contributed by atoms with Crippen molar-refractivity contribution in [3.63, 3.8) is 0 Å². The Balaban J connectivity index is 2.11. The number of aromatic hydroxyl groups is 1. The number of phenolic OH excluding ortho intramolecular Hbond substituents is 1. The van der Waals surface area contributed by atoms with Crippen LogP contribution in [0, 0.1) is 0 Å². The molecule has 0 aliphatic rings. The number of nitrogens with one attached hydrogen (secondary N) is 1.